The van der Waals surface area contributed by atoms with E-state index in [9.17, 15) is 0 Å². The minimum absolute atomic E-state index is 0.666. The molecule has 2 aliphatic rings. The number of halogens is 1. The molecule has 0 atom stereocenters. The highest BCUT2D eigenvalue weighted by Gasteiger charge is 2.40. The summed E-state index contributed by atoms with van der Waals surface area (Å²) < 4.78 is 0. The second kappa shape index (κ2) is 14.0. The average molecular weight is 762 g/mol. The van der Waals surface area contributed by atoms with Gasteiger partial charge in [-0.2, -0.15) is 0 Å². The highest BCUT2D eigenvalue weighted by Crippen LogP contribution is 2.64. The van der Waals surface area contributed by atoms with Gasteiger partial charge in [-0.25, -0.2) is 0 Å². The number of hydrogen-bond donors (Lipinski definition) is 0. The zero-order chi connectivity index (χ0) is 38.6. The Kier molecular flexibility index (Phi) is 8.20. The largest absolute Gasteiger partial charge is 0.306 e. The van der Waals surface area contributed by atoms with Gasteiger partial charge in [-0.15, -0.1) is 0 Å². The standard InChI is InChI=1S/C54H36ClN3/c55-45-35-52-54-53(36-45)57(47-29-23-42(24-30-47)38-15-7-2-8-16-38)49-32-26-44(40-19-11-4-12-20-40)34-51(49)58(54)50-33-43(39-17-9-3-10-18-39)25-31-48(50)56(52)46-27-21-41(22-28-46)37-13-5-1-6-14-37/h1-36H. The lowest BCUT2D eigenvalue weighted by Crippen LogP contribution is -2.30. The van der Waals surface area contributed by atoms with Crippen LogP contribution in [0.1, 0.15) is 0 Å². The molecule has 274 valence electrons. The first-order chi connectivity index (χ1) is 28.7. The van der Waals surface area contributed by atoms with Gasteiger partial charge in [-0.3, -0.25) is 0 Å². The van der Waals surface area contributed by atoms with Crippen molar-refractivity contribution >= 4 is 62.8 Å². The Hall–Kier alpha value is -7.33. The summed E-state index contributed by atoms with van der Waals surface area (Å²) in [5.41, 5.74) is 18.9. The molecule has 0 unspecified atom stereocenters. The molecule has 0 saturated heterocycles. The maximum atomic E-state index is 7.24. The average Bonchev–Trinajstić information content (AvgIpc) is 3.30. The van der Waals surface area contributed by atoms with E-state index in [0.717, 1.165) is 62.3 Å². The van der Waals surface area contributed by atoms with Crippen LogP contribution in [-0.4, -0.2) is 0 Å². The third kappa shape index (κ3) is 5.75. The van der Waals surface area contributed by atoms with Gasteiger partial charge in [0.1, 0.15) is 0 Å². The Morgan fingerprint density at radius 2 is 0.552 bits per heavy atom. The van der Waals surface area contributed by atoms with Gasteiger partial charge in [0.25, 0.3) is 0 Å². The van der Waals surface area contributed by atoms with Gasteiger partial charge in [-0.1, -0.05) is 169 Å². The molecule has 0 fully saturated rings. The molecule has 0 aliphatic carbocycles. The van der Waals surface area contributed by atoms with E-state index in [2.05, 4.69) is 233 Å². The molecular weight excluding hydrogens is 726 g/mol. The Morgan fingerprint density at radius 1 is 0.241 bits per heavy atom. The van der Waals surface area contributed by atoms with E-state index < -0.39 is 0 Å². The van der Waals surface area contributed by atoms with Crippen molar-refractivity contribution in [3.05, 3.63) is 223 Å². The summed E-state index contributed by atoms with van der Waals surface area (Å²) in [4.78, 5) is 7.22. The van der Waals surface area contributed by atoms with Gasteiger partial charge in [0, 0.05) is 16.4 Å². The molecule has 4 heteroatoms. The lowest BCUT2D eigenvalue weighted by atomic mass is 9.94. The molecule has 0 radical (unpaired) electrons. The first-order valence-electron chi connectivity index (χ1n) is 19.6. The minimum atomic E-state index is 0.666. The molecule has 9 aromatic rings. The van der Waals surface area contributed by atoms with Crippen molar-refractivity contribution in [1.82, 2.24) is 0 Å². The second-order valence-corrected chi connectivity index (χ2v) is 15.2. The Morgan fingerprint density at radius 3 is 0.914 bits per heavy atom. The van der Waals surface area contributed by atoms with E-state index in [1.807, 2.05) is 0 Å². The molecule has 0 amide bonds. The molecule has 58 heavy (non-hydrogen) atoms. The van der Waals surface area contributed by atoms with Gasteiger partial charge in [0.2, 0.25) is 0 Å². The van der Waals surface area contributed by atoms with Crippen molar-refractivity contribution < 1.29 is 0 Å². The fraction of sp³-hybridized carbons (Fsp3) is 0. The predicted octanol–water partition coefficient (Wildman–Crippen LogP) is 16.0. The summed E-state index contributed by atoms with van der Waals surface area (Å²) in [6.45, 7) is 0. The summed E-state index contributed by atoms with van der Waals surface area (Å²) in [5, 5.41) is 0.666. The van der Waals surface area contributed by atoms with E-state index in [0.29, 0.717) is 5.02 Å². The quantitative estimate of drug-likeness (QED) is 0.167. The molecule has 0 spiro atoms. The lowest BCUT2D eigenvalue weighted by Gasteiger charge is -2.47. The number of nitrogens with zero attached hydrogens (tertiary/aromatic N) is 3. The normalized spacial score (nSPS) is 12.5. The molecule has 0 bridgehead atoms. The number of benzene rings is 9. The van der Waals surface area contributed by atoms with Crippen molar-refractivity contribution in [1.29, 1.82) is 0 Å². The fourth-order valence-electron chi connectivity index (χ4n) is 8.60. The van der Waals surface area contributed by atoms with Crippen LogP contribution < -0.4 is 14.7 Å². The van der Waals surface area contributed by atoms with Crippen molar-refractivity contribution in [2.45, 2.75) is 0 Å². The highest BCUT2D eigenvalue weighted by atomic mass is 35.5. The lowest BCUT2D eigenvalue weighted by molar-refractivity contribution is 1.12. The third-order valence-electron chi connectivity index (χ3n) is 11.3. The molecule has 3 nitrogen and oxygen atoms in total. The molecule has 0 aromatic heterocycles. The fourth-order valence-corrected chi connectivity index (χ4v) is 8.80. The third-order valence-corrected chi connectivity index (χ3v) is 11.6. The van der Waals surface area contributed by atoms with Gasteiger partial charge in [0.05, 0.1) is 39.8 Å². The Balaban J connectivity index is 1.17. The van der Waals surface area contributed by atoms with E-state index >= 15 is 0 Å². The second-order valence-electron chi connectivity index (χ2n) is 14.8. The Labute approximate surface area is 343 Å². The van der Waals surface area contributed by atoms with E-state index in [1.165, 1.54) is 33.4 Å². The van der Waals surface area contributed by atoms with Crippen molar-refractivity contribution in [2.75, 3.05) is 14.7 Å². The van der Waals surface area contributed by atoms with E-state index in [1.54, 1.807) is 0 Å². The summed E-state index contributed by atoms with van der Waals surface area (Å²) >= 11 is 7.24. The van der Waals surface area contributed by atoms with Crippen LogP contribution in [0.2, 0.25) is 5.02 Å². The van der Waals surface area contributed by atoms with Crippen LogP contribution in [0.5, 0.6) is 0 Å². The molecule has 11 rings (SSSR count). The smallest absolute Gasteiger partial charge is 0.0949 e. The van der Waals surface area contributed by atoms with Crippen LogP contribution in [0.4, 0.5) is 51.2 Å². The highest BCUT2D eigenvalue weighted by molar-refractivity contribution is 6.32. The number of anilines is 9. The van der Waals surface area contributed by atoms with Crippen molar-refractivity contribution in [3.63, 3.8) is 0 Å². The predicted molar refractivity (Wildman–Crippen MR) is 244 cm³/mol. The SMILES string of the molecule is Clc1cc2c3c(c1)N(c1ccc(-c4ccccc4)cc1)c1ccc(-c4ccccc4)cc1N3c1cc(-c3ccccc3)ccc1N2c1ccc(-c2ccccc2)cc1. The molecule has 0 saturated carbocycles. The summed E-state index contributed by atoms with van der Waals surface area (Å²) in [7, 11) is 0. The number of fused-ring (bicyclic) bond motifs is 4. The van der Waals surface area contributed by atoms with Crippen LogP contribution in [-0.2, 0) is 0 Å². The van der Waals surface area contributed by atoms with Crippen molar-refractivity contribution in [3.8, 4) is 44.5 Å². The zero-order valence-corrected chi connectivity index (χ0v) is 32.3. The van der Waals surface area contributed by atoms with E-state index in [-0.39, 0.29) is 0 Å². The monoisotopic (exact) mass is 761 g/mol. The maximum absolute atomic E-state index is 7.24. The molecular formula is C54H36ClN3. The maximum Gasteiger partial charge on any atom is 0.0949 e. The number of hydrogen-bond acceptors (Lipinski definition) is 3. The van der Waals surface area contributed by atoms with Crippen LogP contribution in [0, 0.1) is 0 Å². The molecule has 9 aromatic carbocycles. The topological polar surface area (TPSA) is 9.72 Å². The number of rotatable bonds is 6. The zero-order valence-electron chi connectivity index (χ0n) is 31.5. The van der Waals surface area contributed by atoms with Gasteiger partial charge in [-0.05, 0) is 105 Å². The van der Waals surface area contributed by atoms with E-state index in [4.69, 9.17) is 11.6 Å². The summed E-state index contributed by atoms with van der Waals surface area (Å²) in [6, 6.07) is 78.1. The van der Waals surface area contributed by atoms with Gasteiger partial charge >= 0.3 is 0 Å². The van der Waals surface area contributed by atoms with Crippen LogP contribution in [0.25, 0.3) is 44.5 Å². The van der Waals surface area contributed by atoms with Gasteiger partial charge < -0.3 is 14.7 Å². The summed E-state index contributed by atoms with van der Waals surface area (Å²) in [6.07, 6.45) is 0. The first-order valence-corrected chi connectivity index (χ1v) is 20.0. The van der Waals surface area contributed by atoms with Gasteiger partial charge in [0.15, 0.2) is 0 Å². The first kappa shape index (κ1) is 34.0. The summed E-state index contributed by atoms with van der Waals surface area (Å²) in [5.74, 6) is 0. The molecule has 2 heterocycles. The Bertz CT molecular complexity index is 2730. The minimum Gasteiger partial charge on any atom is -0.306 e. The van der Waals surface area contributed by atoms with Crippen LogP contribution in [0.15, 0.2) is 218 Å². The van der Waals surface area contributed by atoms with Crippen molar-refractivity contribution in [2.24, 2.45) is 0 Å². The van der Waals surface area contributed by atoms with Crippen LogP contribution >= 0.6 is 11.6 Å². The molecule has 2 aliphatic heterocycles. The van der Waals surface area contributed by atoms with Crippen LogP contribution in [0.3, 0.4) is 0 Å². The molecule has 0 N–H and O–H groups in total.